The molecule has 32 heavy (non-hydrogen) atoms. The van der Waals surface area contributed by atoms with Gasteiger partial charge in [-0.05, 0) is 29.2 Å². The van der Waals surface area contributed by atoms with E-state index in [0.29, 0.717) is 0 Å². The van der Waals surface area contributed by atoms with E-state index in [-0.39, 0.29) is 12.5 Å². The maximum absolute atomic E-state index is 13.4. The number of hydrogen-bond acceptors (Lipinski definition) is 4. The highest BCUT2D eigenvalue weighted by Gasteiger charge is 2.72. The van der Waals surface area contributed by atoms with E-state index in [1.54, 1.807) is 0 Å². The predicted molar refractivity (Wildman–Crippen MR) is 110 cm³/mol. The molecule has 0 spiro atoms. The smallest absolute Gasteiger partial charge is 0.407 e. The number of carboxylic acid groups (broad SMARTS) is 1. The Morgan fingerprint density at radius 2 is 1.62 bits per heavy atom. The van der Waals surface area contributed by atoms with Crippen molar-refractivity contribution in [2.24, 2.45) is 11.8 Å². The summed E-state index contributed by atoms with van der Waals surface area (Å²) in [5, 5.41) is 13.4. The predicted octanol–water partition coefficient (Wildman–Crippen LogP) is 3.00. The van der Waals surface area contributed by atoms with Crippen LogP contribution in [0.2, 0.25) is 0 Å². The van der Waals surface area contributed by atoms with Gasteiger partial charge >= 0.3 is 12.1 Å². The van der Waals surface area contributed by atoms with Crippen molar-refractivity contribution in [3.8, 4) is 11.1 Å². The van der Waals surface area contributed by atoms with Crippen LogP contribution in [0.1, 0.15) is 24.0 Å². The van der Waals surface area contributed by atoms with Gasteiger partial charge in [0.1, 0.15) is 18.6 Å². The molecule has 3 N–H and O–H groups in total. The Morgan fingerprint density at radius 1 is 1.06 bits per heavy atom. The largest absolute Gasteiger partial charge is 0.481 e. The molecular weight excluding hydrogens is 422 g/mol. The van der Waals surface area contributed by atoms with Gasteiger partial charge in [0.25, 0.3) is 5.92 Å². The van der Waals surface area contributed by atoms with Gasteiger partial charge in [-0.25, -0.2) is 13.6 Å². The van der Waals surface area contributed by atoms with Gasteiger partial charge in [-0.3, -0.25) is 9.59 Å². The summed E-state index contributed by atoms with van der Waals surface area (Å²) in [6.45, 7) is 0.971. The van der Waals surface area contributed by atoms with Crippen LogP contribution in [-0.2, 0) is 14.3 Å². The van der Waals surface area contributed by atoms with Crippen LogP contribution in [0.3, 0.4) is 0 Å². The first kappa shape index (κ1) is 21.7. The molecule has 0 heterocycles. The fraction of sp³-hybridized carbons (Fsp3) is 0.348. The quantitative estimate of drug-likeness (QED) is 0.609. The van der Waals surface area contributed by atoms with Crippen LogP contribution >= 0.6 is 0 Å². The van der Waals surface area contributed by atoms with Crippen LogP contribution in [0, 0.1) is 11.8 Å². The van der Waals surface area contributed by atoms with Gasteiger partial charge in [-0.1, -0.05) is 48.5 Å². The SMILES string of the molecule is C[C@H](NC(=O)OCC1c2ccccc2-c2ccccc21)C(=O)NC[C@@H]1[C@H](C(=O)O)C1(F)F. The second kappa shape index (κ2) is 8.22. The number of carbonyl (C=O) groups is 3. The summed E-state index contributed by atoms with van der Waals surface area (Å²) < 4.78 is 32.2. The first-order valence-electron chi connectivity index (χ1n) is 10.2. The second-order valence-electron chi connectivity index (χ2n) is 8.03. The molecule has 0 aliphatic heterocycles. The third-order valence-electron chi connectivity index (χ3n) is 6.04. The number of carbonyl (C=O) groups excluding carboxylic acids is 2. The minimum atomic E-state index is -3.34. The number of alkyl carbamates (subject to hydrolysis) is 1. The van der Waals surface area contributed by atoms with Crippen LogP contribution < -0.4 is 10.6 Å². The molecule has 2 aliphatic carbocycles. The van der Waals surface area contributed by atoms with Crippen molar-refractivity contribution in [1.29, 1.82) is 0 Å². The van der Waals surface area contributed by atoms with E-state index in [1.807, 2.05) is 48.5 Å². The number of carboxylic acids is 1. The summed E-state index contributed by atoms with van der Waals surface area (Å²) in [4.78, 5) is 35.1. The van der Waals surface area contributed by atoms with Gasteiger partial charge < -0.3 is 20.5 Å². The lowest BCUT2D eigenvalue weighted by molar-refractivity contribution is -0.141. The summed E-state index contributed by atoms with van der Waals surface area (Å²) in [6.07, 6.45) is -0.810. The number of halogens is 2. The lowest BCUT2D eigenvalue weighted by Crippen LogP contribution is -2.46. The molecule has 0 aromatic heterocycles. The zero-order valence-electron chi connectivity index (χ0n) is 17.2. The molecule has 2 aromatic rings. The molecule has 0 unspecified atom stereocenters. The number of fused-ring (bicyclic) bond motifs is 3. The molecule has 3 atom stereocenters. The Morgan fingerprint density at radius 3 is 2.16 bits per heavy atom. The number of benzene rings is 2. The first-order valence-corrected chi connectivity index (χ1v) is 10.2. The lowest BCUT2D eigenvalue weighted by Gasteiger charge is -2.17. The number of alkyl halides is 2. The molecule has 1 saturated carbocycles. The zero-order valence-corrected chi connectivity index (χ0v) is 17.2. The number of rotatable bonds is 7. The minimum Gasteiger partial charge on any atom is -0.481 e. The van der Waals surface area contributed by atoms with Crippen LogP contribution in [0.4, 0.5) is 13.6 Å². The van der Waals surface area contributed by atoms with Gasteiger partial charge in [-0.15, -0.1) is 0 Å². The second-order valence-corrected chi connectivity index (χ2v) is 8.03. The average Bonchev–Trinajstić information content (AvgIpc) is 3.17. The lowest BCUT2D eigenvalue weighted by atomic mass is 9.98. The molecule has 2 aliphatic rings. The fourth-order valence-corrected chi connectivity index (χ4v) is 4.23. The van der Waals surface area contributed by atoms with Crippen LogP contribution in [0.15, 0.2) is 48.5 Å². The van der Waals surface area contributed by atoms with Crippen molar-refractivity contribution < 1.29 is 33.0 Å². The maximum Gasteiger partial charge on any atom is 0.407 e. The summed E-state index contributed by atoms with van der Waals surface area (Å²) in [5.74, 6) is -9.03. The highest BCUT2D eigenvalue weighted by molar-refractivity contribution is 5.85. The Balaban J connectivity index is 1.29. The Bertz CT molecular complexity index is 1030. The van der Waals surface area contributed by atoms with E-state index in [0.717, 1.165) is 22.3 Å². The van der Waals surface area contributed by atoms with Gasteiger partial charge in [0.05, 0.1) is 5.92 Å². The number of ether oxygens (including phenoxy) is 1. The van der Waals surface area contributed by atoms with Crippen molar-refractivity contribution in [3.63, 3.8) is 0 Å². The van der Waals surface area contributed by atoms with E-state index in [2.05, 4.69) is 10.6 Å². The molecule has 168 valence electrons. The Hall–Kier alpha value is -3.49. The van der Waals surface area contributed by atoms with Crippen molar-refractivity contribution in [2.45, 2.75) is 24.8 Å². The molecule has 0 radical (unpaired) electrons. The molecule has 9 heteroatoms. The first-order chi connectivity index (χ1) is 15.2. The highest BCUT2D eigenvalue weighted by Crippen LogP contribution is 2.54. The normalized spacial score (nSPS) is 21.1. The average molecular weight is 444 g/mol. The number of nitrogens with one attached hydrogen (secondary N) is 2. The van der Waals surface area contributed by atoms with Crippen LogP contribution in [-0.4, -0.2) is 48.2 Å². The number of aliphatic carboxylic acids is 1. The molecule has 1 fully saturated rings. The van der Waals surface area contributed by atoms with Gasteiger partial charge in [0.15, 0.2) is 0 Å². The zero-order chi connectivity index (χ0) is 23.0. The van der Waals surface area contributed by atoms with Gasteiger partial charge in [-0.2, -0.15) is 0 Å². The number of amides is 2. The van der Waals surface area contributed by atoms with Crippen molar-refractivity contribution in [1.82, 2.24) is 10.6 Å². The molecule has 2 amide bonds. The Kier molecular flexibility index (Phi) is 5.58. The van der Waals surface area contributed by atoms with E-state index >= 15 is 0 Å². The summed E-state index contributed by atoms with van der Waals surface area (Å²) >= 11 is 0. The van der Waals surface area contributed by atoms with Crippen molar-refractivity contribution in [2.75, 3.05) is 13.2 Å². The van der Waals surface area contributed by atoms with Gasteiger partial charge in [0.2, 0.25) is 5.91 Å². The summed E-state index contributed by atoms with van der Waals surface area (Å²) in [6, 6.07) is 14.7. The molecular formula is C23H22F2N2O5. The molecule has 7 nitrogen and oxygen atoms in total. The minimum absolute atomic E-state index is 0.0722. The maximum atomic E-state index is 13.4. The topological polar surface area (TPSA) is 105 Å². The monoisotopic (exact) mass is 444 g/mol. The fourth-order valence-electron chi connectivity index (χ4n) is 4.23. The van der Waals surface area contributed by atoms with Gasteiger partial charge in [0, 0.05) is 12.5 Å². The van der Waals surface area contributed by atoms with Crippen LogP contribution in [0.5, 0.6) is 0 Å². The van der Waals surface area contributed by atoms with Crippen LogP contribution in [0.25, 0.3) is 11.1 Å². The van der Waals surface area contributed by atoms with E-state index < -0.39 is 48.3 Å². The molecule has 2 aromatic carbocycles. The third-order valence-corrected chi connectivity index (χ3v) is 6.04. The summed E-state index contributed by atoms with van der Waals surface area (Å²) in [5.41, 5.74) is 4.26. The van der Waals surface area contributed by atoms with E-state index in [4.69, 9.17) is 9.84 Å². The molecule has 0 saturated heterocycles. The molecule has 0 bridgehead atoms. The van der Waals surface area contributed by atoms with E-state index in [9.17, 15) is 23.2 Å². The third kappa shape index (κ3) is 3.90. The van der Waals surface area contributed by atoms with Crippen molar-refractivity contribution in [3.05, 3.63) is 59.7 Å². The standard InChI is InChI=1S/C23H22F2N2O5/c1-12(20(28)26-10-18-19(21(29)30)23(18,24)25)27-22(31)32-11-17-15-8-4-2-6-13(15)14-7-3-5-9-16(14)17/h2-9,12,17-19H,10-11H2,1H3,(H,26,28)(H,27,31)(H,29,30)/t12-,18+,19+/m0/s1. The highest BCUT2D eigenvalue weighted by atomic mass is 19.3. The summed E-state index contributed by atoms with van der Waals surface area (Å²) in [7, 11) is 0. The van der Waals surface area contributed by atoms with Crippen molar-refractivity contribution >= 4 is 18.0 Å². The molecule has 4 rings (SSSR count). The Labute approximate surface area is 182 Å². The number of hydrogen-bond donors (Lipinski definition) is 3. The van der Waals surface area contributed by atoms with E-state index in [1.165, 1.54) is 6.92 Å².